The molecule has 8 heteroatoms. The van der Waals surface area contributed by atoms with E-state index in [0.29, 0.717) is 27.9 Å². The molecule has 2 aromatic carbocycles. The summed E-state index contributed by atoms with van der Waals surface area (Å²) in [6, 6.07) is 15.8. The number of benzene rings is 2. The molecule has 0 unspecified atom stereocenters. The van der Waals surface area contributed by atoms with Crippen molar-refractivity contribution < 1.29 is 22.8 Å². The number of aromatic nitrogens is 1. The van der Waals surface area contributed by atoms with Crippen LogP contribution in [0.5, 0.6) is 0 Å². The number of fused-ring (bicyclic) bond motifs is 1. The second kappa shape index (κ2) is 7.05. The Hall–Kier alpha value is -3.68. The van der Waals surface area contributed by atoms with E-state index in [1.165, 1.54) is 23.6 Å². The van der Waals surface area contributed by atoms with E-state index in [0.717, 1.165) is 4.90 Å². The maximum Gasteiger partial charge on any atom is 0.482 e. The summed E-state index contributed by atoms with van der Waals surface area (Å²) in [5.41, 5.74) is 1.87. The molecule has 1 aliphatic rings. The van der Waals surface area contributed by atoms with E-state index in [4.69, 9.17) is 0 Å². The van der Waals surface area contributed by atoms with Crippen molar-refractivity contribution in [3.05, 3.63) is 83.7 Å². The van der Waals surface area contributed by atoms with E-state index in [-0.39, 0.29) is 12.2 Å². The van der Waals surface area contributed by atoms with Gasteiger partial charge in [-0.1, -0.05) is 36.4 Å². The monoisotopic (exact) mass is 397 g/mol. The van der Waals surface area contributed by atoms with Crippen molar-refractivity contribution in [2.75, 3.05) is 5.32 Å². The van der Waals surface area contributed by atoms with Crippen LogP contribution in [0.15, 0.2) is 66.9 Å². The average Bonchev–Trinajstić information content (AvgIpc) is 2.93. The minimum Gasteiger partial charge on any atom is -0.297 e. The number of hydrogen-bond donors (Lipinski definition) is 1. The number of hydrogen-bond acceptors (Lipinski definition) is 4. The molecule has 0 fully saturated rings. The molecule has 3 aromatic rings. The Morgan fingerprint density at radius 1 is 0.828 bits per heavy atom. The van der Waals surface area contributed by atoms with Gasteiger partial charge < -0.3 is 0 Å². The SMILES string of the molecule is O=C1c2ccccc2C(=O)N1Cc1ccc(-c2ccccc2NC(F)(F)F)cn1. The molecule has 0 radical (unpaired) electrons. The molecule has 146 valence electrons. The number of halogens is 3. The summed E-state index contributed by atoms with van der Waals surface area (Å²) in [6.07, 6.45) is -3.14. The highest BCUT2D eigenvalue weighted by Gasteiger charge is 2.35. The fourth-order valence-electron chi connectivity index (χ4n) is 3.22. The molecule has 0 spiro atoms. The van der Waals surface area contributed by atoms with Crippen molar-refractivity contribution in [3.8, 4) is 11.1 Å². The molecule has 2 heterocycles. The number of imide groups is 1. The van der Waals surface area contributed by atoms with E-state index < -0.39 is 18.1 Å². The predicted octanol–water partition coefficient (Wildman–Crippen LogP) is 4.48. The first kappa shape index (κ1) is 18.7. The van der Waals surface area contributed by atoms with Gasteiger partial charge in [-0.3, -0.25) is 24.8 Å². The highest BCUT2D eigenvalue weighted by atomic mass is 19.4. The molecular weight excluding hydrogens is 383 g/mol. The molecule has 0 atom stereocenters. The average molecular weight is 397 g/mol. The zero-order valence-electron chi connectivity index (χ0n) is 14.9. The minimum atomic E-state index is -4.56. The van der Waals surface area contributed by atoms with E-state index in [9.17, 15) is 22.8 Å². The molecular formula is C21H14F3N3O2. The number of alkyl halides is 3. The van der Waals surface area contributed by atoms with Crippen LogP contribution in [0.4, 0.5) is 18.9 Å². The molecule has 0 aliphatic carbocycles. The topological polar surface area (TPSA) is 62.3 Å². The standard InChI is InChI=1S/C21H14F3N3O2/c22-21(23,24)26-18-8-4-3-5-15(18)13-9-10-14(25-11-13)12-27-19(28)16-6-1-2-7-17(16)20(27)29/h1-11,26H,12H2. The number of anilines is 1. The zero-order valence-corrected chi connectivity index (χ0v) is 14.9. The summed E-state index contributed by atoms with van der Waals surface area (Å²) in [5.74, 6) is -0.785. The fourth-order valence-corrected chi connectivity index (χ4v) is 3.22. The second-order valence-electron chi connectivity index (χ2n) is 6.45. The van der Waals surface area contributed by atoms with E-state index >= 15 is 0 Å². The first-order valence-electron chi connectivity index (χ1n) is 8.68. The quantitative estimate of drug-likeness (QED) is 0.521. The van der Waals surface area contributed by atoms with Crippen LogP contribution >= 0.6 is 0 Å². The first-order chi connectivity index (χ1) is 13.8. The van der Waals surface area contributed by atoms with Crippen molar-refractivity contribution in [1.82, 2.24) is 9.88 Å². The summed E-state index contributed by atoms with van der Waals surface area (Å²) in [7, 11) is 0. The lowest BCUT2D eigenvalue weighted by Crippen LogP contribution is -2.29. The maximum atomic E-state index is 12.7. The van der Waals surface area contributed by atoms with Gasteiger partial charge in [-0.2, -0.15) is 13.2 Å². The molecule has 1 N–H and O–H groups in total. The summed E-state index contributed by atoms with van der Waals surface area (Å²) < 4.78 is 38.2. The number of nitrogens with one attached hydrogen (secondary N) is 1. The van der Waals surface area contributed by atoms with Gasteiger partial charge in [-0.05, 0) is 24.3 Å². The normalized spacial score (nSPS) is 13.6. The van der Waals surface area contributed by atoms with Crippen LogP contribution in [-0.2, 0) is 6.54 Å². The van der Waals surface area contributed by atoms with Gasteiger partial charge in [-0.15, -0.1) is 0 Å². The second-order valence-corrected chi connectivity index (χ2v) is 6.45. The Balaban J connectivity index is 1.56. The lowest BCUT2D eigenvalue weighted by atomic mass is 10.1. The van der Waals surface area contributed by atoms with Gasteiger partial charge in [0, 0.05) is 23.0 Å². The molecule has 1 aliphatic heterocycles. The maximum absolute atomic E-state index is 12.7. The minimum absolute atomic E-state index is 0.0188. The Morgan fingerprint density at radius 2 is 1.41 bits per heavy atom. The van der Waals surface area contributed by atoms with Crippen LogP contribution in [0.25, 0.3) is 11.1 Å². The lowest BCUT2D eigenvalue weighted by molar-refractivity contribution is -0.0999. The van der Waals surface area contributed by atoms with Gasteiger partial charge in [0.1, 0.15) is 0 Å². The van der Waals surface area contributed by atoms with Gasteiger partial charge in [0.2, 0.25) is 0 Å². The van der Waals surface area contributed by atoms with Gasteiger partial charge in [0.05, 0.1) is 23.4 Å². The number of nitrogens with zero attached hydrogens (tertiary/aromatic N) is 2. The first-order valence-corrected chi connectivity index (χ1v) is 8.68. The number of amides is 2. The van der Waals surface area contributed by atoms with Crippen molar-refractivity contribution in [2.45, 2.75) is 12.8 Å². The van der Waals surface area contributed by atoms with Crippen molar-refractivity contribution in [1.29, 1.82) is 0 Å². The molecule has 29 heavy (non-hydrogen) atoms. The number of rotatable bonds is 4. The Bertz CT molecular complexity index is 1060. The fraction of sp³-hybridized carbons (Fsp3) is 0.0952. The molecule has 0 saturated heterocycles. The van der Waals surface area contributed by atoms with Crippen LogP contribution in [0.2, 0.25) is 0 Å². The predicted molar refractivity (Wildman–Crippen MR) is 100.0 cm³/mol. The molecule has 0 saturated carbocycles. The number of para-hydroxylation sites is 1. The Morgan fingerprint density at radius 3 is 1.97 bits per heavy atom. The van der Waals surface area contributed by atoms with Crippen LogP contribution in [0, 0.1) is 0 Å². The van der Waals surface area contributed by atoms with Crippen molar-refractivity contribution in [2.24, 2.45) is 0 Å². The third-order valence-electron chi connectivity index (χ3n) is 4.54. The van der Waals surface area contributed by atoms with Crippen LogP contribution in [-0.4, -0.2) is 28.0 Å². The summed E-state index contributed by atoms with van der Waals surface area (Å²) in [6.45, 7) is -0.0188. The van der Waals surface area contributed by atoms with E-state index in [1.54, 1.807) is 48.5 Å². The lowest BCUT2D eigenvalue weighted by Gasteiger charge is -2.15. The Kier molecular flexibility index (Phi) is 4.54. The summed E-state index contributed by atoms with van der Waals surface area (Å²) in [5, 5.41) is 1.52. The molecule has 4 rings (SSSR count). The van der Waals surface area contributed by atoms with Crippen LogP contribution < -0.4 is 5.32 Å². The van der Waals surface area contributed by atoms with Crippen LogP contribution in [0.1, 0.15) is 26.4 Å². The van der Waals surface area contributed by atoms with Crippen molar-refractivity contribution in [3.63, 3.8) is 0 Å². The van der Waals surface area contributed by atoms with Crippen LogP contribution in [0.3, 0.4) is 0 Å². The third kappa shape index (κ3) is 3.69. The third-order valence-corrected chi connectivity index (χ3v) is 4.54. The molecule has 2 amide bonds. The number of carbonyl (C=O) groups excluding carboxylic acids is 2. The smallest absolute Gasteiger partial charge is 0.297 e. The largest absolute Gasteiger partial charge is 0.482 e. The highest BCUT2D eigenvalue weighted by molar-refractivity contribution is 6.21. The molecule has 0 bridgehead atoms. The number of pyridine rings is 1. The molecule has 1 aromatic heterocycles. The Labute approximate surface area is 163 Å². The highest BCUT2D eigenvalue weighted by Crippen LogP contribution is 2.31. The van der Waals surface area contributed by atoms with E-state index in [2.05, 4.69) is 4.98 Å². The van der Waals surface area contributed by atoms with Crippen molar-refractivity contribution >= 4 is 17.5 Å². The van der Waals surface area contributed by atoms with Gasteiger partial charge in [0.25, 0.3) is 11.8 Å². The van der Waals surface area contributed by atoms with Gasteiger partial charge >= 0.3 is 6.30 Å². The molecule has 5 nitrogen and oxygen atoms in total. The van der Waals surface area contributed by atoms with E-state index in [1.807, 2.05) is 0 Å². The number of carbonyl (C=O) groups is 2. The van der Waals surface area contributed by atoms with Gasteiger partial charge in [-0.25, -0.2) is 0 Å². The van der Waals surface area contributed by atoms with Gasteiger partial charge in [0.15, 0.2) is 0 Å². The zero-order chi connectivity index (χ0) is 20.6. The summed E-state index contributed by atoms with van der Waals surface area (Å²) in [4.78, 5) is 30.2. The summed E-state index contributed by atoms with van der Waals surface area (Å²) >= 11 is 0.